The second kappa shape index (κ2) is 8.46. The van der Waals surface area contributed by atoms with Crippen molar-refractivity contribution in [2.24, 2.45) is 0 Å². The van der Waals surface area contributed by atoms with Crippen LogP contribution in [-0.2, 0) is 0 Å². The summed E-state index contributed by atoms with van der Waals surface area (Å²) in [5.74, 6) is -1.42. The van der Waals surface area contributed by atoms with Crippen molar-refractivity contribution in [3.63, 3.8) is 0 Å². The van der Waals surface area contributed by atoms with E-state index in [1.807, 2.05) is 41.4 Å². The van der Waals surface area contributed by atoms with E-state index in [4.69, 9.17) is 4.74 Å². The molecule has 168 valence electrons. The Balaban J connectivity index is 1.80. The minimum atomic E-state index is -0.636. The molecule has 0 saturated carbocycles. The highest BCUT2D eigenvalue weighted by Gasteiger charge is 2.37. The summed E-state index contributed by atoms with van der Waals surface area (Å²) >= 11 is 0. The van der Waals surface area contributed by atoms with Crippen molar-refractivity contribution in [3.05, 3.63) is 106 Å². The molecule has 1 atom stereocenters. The highest BCUT2D eigenvalue weighted by atomic mass is 19.1. The number of hydrogen-bond donors (Lipinski definition) is 1. The zero-order valence-corrected chi connectivity index (χ0v) is 17.7. The van der Waals surface area contributed by atoms with Crippen molar-refractivity contribution in [3.8, 4) is 11.5 Å². The van der Waals surface area contributed by atoms with Gasteiger partial charge in [-0.2, -0.15) is 0 Å². The first kappa shape index (κ1) is 20.8. The molecule has 2 aliphatic heterocycles. The molecule has 0 saturated heterocycles. The fourth-order valence-electron chi connectivity index (χ4n) is 4.35. The molecule has 2 bridgehead atoms. The number of para-hydroxylation sites is 1. The molecule has 3 heterocycles. The molecule has 0 fully saturated rings. The Hall–Kier alpha value is -4.07. The maximum Gasteiger partial charge on any atom is 0.277 e. The third-order valence-electron chi connectivity index (χ3n) is 5.90. The molecule has 0 spiro atoms. The van der Waals surface area contributed by atoms with Gasteiger partial charge in [-0.3, -0.25) is 19.3 Å². The number of nitrogens with zero attached hydrogens (tertiary/aromatic N) is 3. The van der Waals surface area contributed by atoms with E-state index in [2.05, 4.69) is 0 Å². The second-order valence-electron chi connectivity index (χ2n) is 7.91. The number of halogens is 1. The van der Waals surface area contributed by atoms with E-state index < -0.39 is 28.9 Å². The molecule has 1 unspecified atom stereocenters. The average molecular weight is 447 g/mol. The summed E-state index contributed by atoms with van der Waals surface area (Å²) in [6.07, 6.45) is 5.66. The number of pyridine rings is 1. The number of carbonyl (C=O) groups excluding carboxylic acids is 1. The molecule has 2 aromatic carbocycles. The highest BCUT2D eigenvalue weighted by molar-refractivity contribution is 5.96. The topological polar surface area (TPSA) is 75.0 Å². The number of rotatable bonds is 1. The smallest absolute Gasteiger partial charge is 0.277 e. The maximum atomic E-state index is 15.0. The zero-order valence-electron chi connectivity index (χ0n) is 17.7. The normalized spacial score (nSPS) is 18.0. The summed E-state index contributed by atoms with van der Waals surface area (Å²) in [5.41, 5.74) is 0.644. The van der Waals surface area contributed by atoms with Gasteiger partial charge in [0.2, 0.25) is 5.43 Å². The summed E-state index contributed by atoms with van der Waals surface area (Å²) in [6.45, 7) is 0.733. The first-order valence-corrected chi connectivity index (χ1v) is 10.7. The van der Waals surface area contributed by atoms with E-state index in [-0.39, 0.29) is 24.7 Å². The van der Waals surface area contributed by atoms with Gasteiger partial charge in [0, 0.05) is 24.4 Å². The Labute approximate surface area is 189 Å². The van der Waals surface area contributed by atoms with Crippen molar-refractivity contribution in [1.29, 1.82) is 0 Å². The van der Waals surface area contributed by atoms with Gasteiger partial charge < -0.3 is 14.7 Å². The Bertz CT molecular complexity index is 1290. The molecule has 8 heteroatoms. The highest BCUT2D eigenvalue weighted by Crippen LogP contribution is 2.38. The summed E-state index contributed by atoms with van der Waals surface area (Å²) in [5, 5.41) is 12.4. The molecule has 2 aliphatic rings. The van der Waals surface area contributed by atoms with Gasteiger partial charge in [0.1, 0.15) is 19.3 Å². The van der Waals surface area contributed by atoms with E-state index in [1.165, 1.54) is 23.0 Å². The lowest BCUT2D eigenvalue weighted by molar-refractivity contribution is 0.0682. The lowest BCUT2D eigenvalue weighted by Gasteiger charge is -2.44. The quantitative estimate of drug-likeness (QED) is 0.580. The SMILES string of the molecule is O=C1c2c(O)c(=O)ccn2N2CN1CCC=CCOc1c(F)cccc1C2c1ccccc1. The van der Waals surface area contributed by atoms with Crippen LogP contribution >= 0.6 is 0 Å². The summed E-state index contributed by atoms with van der Waals surface area (Å²) in [6, 6.07) is 14.9. The van der Waals surface area contributed by atoms with Gasteiger partial charge in [0.25, 0.3) is 5.91 Å². The van der Waals surface area contributed by atoms with Gasteiger partial charge in [0.15, 0.2) is 23.0 Å². The first-order valence-electron chi connectivity index (χ1n) is 10.7. The van der Waals surface area contributed by atoms with E-state index in [0.717, 1.165) is 5.56 Å². The van der Waals surface area contributed by atoms with Crippen LogP contribution in [0.1, 0.15) is 34.1 Å². The molecule has 33 heavy (non-hydrogen) atoms. The lowest BCUT2D eigenvalue weighted by Crippen LogP contribution is -2.55. The number of ether oxygens (including phenoxy) is 1. The molecule has 1 aromatic heterocycles. The van der Waals surface area contributed by atoms with Crippen molar-refractivity contribution in [1.82, 2.24) is 9.58 Å². The number of benzene rings is 2. The first-order chi connectivity index (χ1) is 16.1. The van der Waals surface area contributed by atoms with Crippen molar-refractivity contribution in [2.45, 2.75) is 12.5 Å². The fourth-order valence-corrected chi connectivity index (χ4v) is 4.35. The predicted molar refractivity (Wildman–Crippen MR) is 120 cm³/mol. The summed E-state index contributed by atoms with van der Waals surface area (Å²) < 4.78 is 22.3. The number of hydrogen-bond acceptors (Lipinski definition) is 5. The van der Waals surface area contributed by atoms with Crippen molar-refractivity contribution >= 4 is 5.91 Å². The van der Waals surface area contributed by atoms with E-state index in [9.17, 15) is 19.1 Å². The molecular weight excluding hydrogens is 425 g/mol. The molecule has 1 amide bonds. The Morgan fingerprint density at radius 1 is 1.00 bits per heavy atom. The average Bonchev–Trinajstić information content (AvgIpc) is 2.81. The minimum absolute atomic E-state index is 0.116. The summed E-state index contributed by atoms with van der Waals surface area (Å²) in [7, 11) is 0. The van der Waals surface area contributed by atoms with Gasteiger partial charge in [-0.1, -0.05) is 54.6 Å². The van der Waals surface area contributed by atoms with Crippen LogP contribution in [0.2, 0.25) is 0 Å². The van der Waals surface area contributed by atoms with Crippen molar-refractivity contribution in [2.75, 3.05) is 24.8 Å². The van der Waals surface area contributed by atoms with Crippen LogP contribution in [0.25, 0.3) is 0 Å². The van der Waals surface area contributed by atoms with Crippen LogP contribution in [0.5, 0.6) is 11.5 Å². The predicted octanol–water partition coefficient (Wildman–Crippen LogP) is 3.17. The van der Waals surface area contributed by atoms with Crippen LogP contribution in [0, 0.1) is 5.82 Å². The van der Waals surface area contributed by atoms with Crippen LogP contribution in [0.4, 0.5) is 4.39 Å². The van der Waals surface area contributed by atoms with Gasteiger partial charge in [-0.15, -0.1) is 0 Å². The van der Waals surface area contributed by atoms with Gasteiger partial charge in [-0.25, -0.2) is 4.39 Å². The van der Waals surface area contributed by atoms with Gasteiger partial charge in [0.05, 0.1) is 0 Å². The molecule has 7 nitrogen and oxygen atoms in total. The largest absolute Gasteiger partial charge is 0.502 e. The number of aromatic hydroxyl groups is 1. The molecular formula is C25H22FN3O4. The number of fused-ring (bicyclic) bond motifs is 5. The number of aromatic nitrogens is 1. The Morgan fingerprint density at radius 2 is 1.82 bits per heavy atom. The summed E-state index contributed by atoms with van der Waals surface area (Å²) in [4.78, 5) is 27.0. The monoisotopic (exact) mass is 447 g/mol. The zero-order chi connectivity index (χ0) is 22.9. The van der Waals surface area contributed by atoms with E-state index in [1.54, 1.807) is 23.1 Å². The molecule has 3 aromatic rings. The molecule has 0 aliphatic carbocycles. The Morgan fingerprint density at radius 3 is 2.64 bits per heavy atom. The Kier molecular flexibility index (Phi) is 5.34. The number of carbonyl (C=O) groups is 1. The van der Waals surface area contributed by atoms with Crippen LogP contribution in [0.3, 0.4) is 0 Å². The van der Waals surface area contributed by atoms with Gasteiger partial charge in [-0.05, 0) is 18.1 Å². The molecule has 1 N–H and O–H groups in total. The standard InChI is InChI=1S/C25H22FN3O4/c26-19-11-7-10-18-21(17-8-3-1-4-9-17)29-16-27(13-5-2-6-15-33-24(18)19)25(32)22-23(31)20(30)12-14-28(22)29/h1-4,6-12,14,21,31H,5,13,15-16H2. The fraction of sp³-hybridized carbons (Fsp3) is 0.200. The van der Waals surface area contributed by atoms with E-state index >= 15 is 0 Å². The maximum absolute atomic E-state index is 15.0. The van der Waals surface area contributed by atoms with Gasteiger partial charge >= 0.3 is 0 Å². The third kappa shape index (κ3) is 3.63. The van der Waals surface area contributed by atoms with Crippen LogP contribution in [-0.4, -0.2) is 40.4 Å². The minimum Gasteiger partial charge on any atom is -0.502 e. The van der Waals surface area contributed by atoms with Crippen LogP contribution in [0.15, 0.2) is 77.7 Å². The molecule has 0 radical (unpaired) electrons. The number of amides is 1. The second-order valence-corrected chi connectivity index (χ2v) is 7.91. The third-order valence-corrected chi connectivity index (χ3v) is 5.90. The van der Waals surface area contributed by atoms with Crippen molar-refractivity contribution < 1.29 is 19.0 Å². The van der Waals surface area contributed by atoms with Crippen LogP contribution < -0.4 is 15.2 Å². The lowest BCUT2D eigenvalue weighted by atomic mass is 9.96. The van der Waals surface area contributed by atoms with E-state index in [0.29, 0.717) is 18.5 Å². The molecule has 5 rings (SSSR count).